The predicted octanol–water partition coefficient (Wildman–Crippen LogP) is -0.863. The van der Waals surface area contributed by atoms with Gasteiger partial charge in [-0.3, -0.25) is 4.79 Å². The number of aliphatic carboxylic acids is 1. The summed E-state index contributed by atoms with van der Waals surface area (Å²) in [6.07, 6.45) is 1.20. The molecular weight excluding hydrogens is 256 g/mol. The molecule has 0 saturated carbocycles. The number of carboxylic acid groups (broad SMARTS) is 1. The predicted molar refractivity (Wildman–Crippen MR) is 62.3 cm³/mol. The third kappa shape index (κ3) is 6.36. The van der Waals surface area contributed by atoms with Crippen LogP contribution in [-0.4, -0.2) is 51.0 Å². The second kappa shape index (κ2) is 6.69. The fraction of sp³-hybridized carbons (Fsp3) is 0.600. The Kier molecular flexibility index (Phi) is 5.24. The van der Waals surface area contributed by atoms with Crippen LogP contribution in [0.1, 0.15) is 19.2 Å². The highest BCUT2D eigenvalue weighted by atomic mass is 16.5. The Hall–Kier alpha value is -2.16. The van der Waals surface area contributed by atoms with E-state index in [9.17, 15) is 14.7 Å². The van der Waals surface area contributed by atoms with Gasteiger partial charge in [0.15, 0.2) is 6.33 Å². The lowest BCUT2D eigenvalue weighted by molar-refractivity contribution is -0.141. The number of carboxylic acids is 1. The van der Waals surface area contributed by atoms with Gasteiger partial charge in [-0.05, 0) is 6.92 Å². The van der Waals surface area contributed by atoms with Crippen LogP contribution in [-0.2, 0) is 11.2 Å². The SMILES string of the molecule is CC(O)(CNC(=O)NCCc1ncno1)CC(=O)O. The molecule has 0 aliphatic rings. The summed E-state index contributed by atoms with van der Waals surface area (Å²) in [5, 5.41) is 26.5. The quantitative estimate of drug-likeness (QED) is 0.506. The van der Waals surface area contributed by atoms with E-state index in [0.717, 1.165) is 0 Å². The first-order chi connectivity index (χ1) is 8.89. The van der Waals surface area contributed by atoms with Gasteiger partial charge in [-0.25, -0.2) is 4.79 Å². The van der Waals surface area contributed by atoms with Crippen LogP contribution < -0.4 is 10.6 Å². The Morgan fingerprint density at radius 1 is 1.47 bits per heavy atom. The van der Waals surface area contributed by atoms with Crippen molar-refractivity contribution in [3.63, 3.8) is 0 Å². The van der Waals surface area contributed by atoms with Gasteiger partial charge >= 0.3 is 12.0 Å². The number of rotatable bonds is 7. The summed E-state index contributed by atoms with van der Waals surface area (Å²) in [4.78, 5) is 25.6. The fourth-order valence-corrected chi connectivity index (χ4v) is 1.31. The summed E-state index contributed by atoms with van der Waals surface area (Å²) < 4.78 is 4.74. The zero-order valence-corrected chi connectivity index (χ0v) is 10.4. The number of hydrogen-bond donors (Lipinski definition) is 4. The zero-order valence-electron chi connectivity index (χ0n) is 10.4. The molecule has 106 valence electrons. The van der Waals surface area contributed by atoms with Crippen LogP contribution in [0.4, 0.5) is 4.79 Å². The average molecular weight is 272 g/mol. The molecule has 0 fully saturated rings. The summed E-state index contributed by atoms with van der Waals surface area (Å²) in [5.41, 5.74) is -1.49. The first kappa shape index (κ1) is 14.9. The molecule has 2 amide bonds. The summed E-state index contributed by atoms with van der Waals surface area (Å²) in [6.45, 7) is 1.46. The van der Waals surface area contributed by atoms with Gasteiger partial charge in [0.25, 0.3) is 0 Å². The summed E-state index contributed by atoms with van der Waals surface area (Å²) in [5.74, 6) is -0.734. The summed E-state index contributed by atoms with van der Waals surface area (Å²) in [6, 6.07) is -0.509. The minimum absolute atomic E-state index is 0.161. The number of nitrogens with one attached hydrogen (secondary N) is 2. The van der Waals surface area contributed by atoms with Crippen molar-refractivity contribution in [1.29, 1.82) is 0 Å². The van der Waals surface area contributed by atoms with Crippen LogP contribution in [0.3, 0.4) is 0 Å². The molecule has 1 aromatic heterocycles. The van der Waals surface area contributed by atoms with Crippen molar-refractivity contribution in [3.8, 4) is 0 Å². The highest BCUT2D eigenvalue weighted by Gasteiger charge is 2.24. The maximum Gasteiger partial charge on any atom is 0.314 e. The number of amides is 2. The molecule has 0 aliphatic carbocycles. The van der Waals surface area contributed by atoms with Gasteiger partial charge in [-0.2, -0.15) is 4.98 Å². The molecule has 1 aromatic rings. The van der Waals surface area contributed by atoms with E-state index >= 15 is 0 Å². The molecular formula is C10H16N4O5. The third-order valence-electron chi connectivity index (χ3n) is 2.19. The zero-order chi connectivity index (χ0) is 14.3. The monoisotopic (exact) mass is 272 g/mol. The van der Waals surface area contributed by atoms with E-state index < -0.39 is 24.0 Å². The third-order valence-corrected chi connectivity index (χ3v) is 2.19. The molecule has 1 unspecified atom stereocenters. The number of nitrogens with zero attached hydrogens (tertiary/aromatic N) is 2. The minimum Gasteiger partial charge on any atom is -0.481 e. The van der Waals surface area contributed by atoms with Gasteiger partial charge in [0.05, 0.1) is 12.0 Å². The lowest BCUT2D eigenvalue weighted by Gasteiger charge is -2.21. The number of carbonyl (C=O) groups is 2. The van der Waals surface area contributed by atoms with E-state index in [0.29, 0.717) is 12.3 Å². The van der Waals surface area contributed by atoms with Crippen molar-refractivity contribution in [2.45, 2.75) is 25.4 Å². The van der Waals surface area contributed by atoms with Gasteiger partial charge in [0.2, 0.25) is 5.89 Å². The van der Waals surface area contributed by atoms with Crippen LogP contribution in [0.15, 0.2) is 10.9 Å². The summed E-state index contributed by atoms with van der Waals surface area (Å²) in [7, 11) is 0. The molecule has 1 rings (SSSR count). The molecule has 9 nitrogen and oxygen atoms in total. The van der Waals surface area contributed by atoms with E-state index in [-0.39, 0.29) is 13.1 Å². The van der Waals surface area contributed by atoms with Crippen molar-refractivity contribution < 1.29 is 24.3 Å². The molecule has 0 radical (unpaired) electrons. The number of aliphatic hydroxyl groups is 1. The first-order valence-corrected chi connectivity index (χ1v) is 5.60. The lowest BCUT2D eigenvalue weighted by atomic mass is 10.0. The van der Waals surface area contributed by atoms with Crippen molar-refractivity contribution in [1.82, 2.24) is 20.8 Å². The van der Waals surface area contributed by atoms with Gasteiger partial charge in [-0.1, -0.05) is 5.16 Å². The topological polar surface area (TPSA) is 138 Å². The standard InChI is InChI=1S/C10H16N4O5/c1-10(18,4-8(15)16)5-12-9(17)11-3-2-7-13-6-14-19-7/h6,18H,2-5H2,1H3,(H,15,16)(H2,11,12,17). The number of urea groups is 1. The second-order valence-corrected chi connectivity index (χ2v) is 4.26. The molecule has 0 spiro atoms. The van der Waals surface area contributed by atoms with E-state index in [1.54, 1.807) is 0 Å². The number of hydrogen-bond acceptors (Lipinski definition) is 6. The number of aromatic nitrogens is 2. The Labute approximate surface area is 109 Å². The molecule has 19 heavy (non-hydrogen) atoms. The van der Waals surface area contributed by atoms with Gasteiger partial charge < -0.3 is 25.4 Å². The molecule has 1 atom stereocenters. The van der Waals surface area contributed by atoms with Crippen LogP contribution in [0.25, 0.3) is 0 Å². The maximum absolute atomic E-state index is 11.4. The smallest absolute Gasteiger partial charge is 0.314 e. The van der Waals surface area contributed by atoms with Crippen LogP contribution >= 0.6 is 0 Å². The molecule has 4 N–H and O–H groups in total. The molecule has 0 aromatic carbocycles. The largest absolute Gasteiger partial charge is 0.481 e. The lowest BCUT2D eigenvalue weighted by Crippen LogP contribution is -2.46. The molecule has 0 saturated heterocycles. The summed E-state index contributed by atoms with van der Waals surface area (Å²) >= 11 is 0. The molecule has 0 aliphatic heterocycles. The highest BCUT2D eigenvalue weighted by molar-refractivity contribution is 5.74. The Morgan fingerprint density at radius 2 is 2.21 bits per heavy atom. The van der Waals surface area contributed by atoms with Gasteiger partial charge in [-0.15, -0.1) is 0 Å². The van der Waals surface area contributed by atoms with E-state index in [2.05, 4.69) is 20.8 Å². The van der Waals surface area contributed by atoms with Gasteiger partial charge in [0, 0.05) is 19.5 Å². The Balaban J connectivity index is 2.18. The van der Waals surface area contributed by atoms with Crippen molar-refractivity contribution in [2.24, 2.45) is 0 Å². The highest BCUT2D eigenvalue weighted by Crippen LogP contribution is 2.06. The van der Waals surface area contributed by atoms with Crippen molar-refractivity contribution >= 4 is 12.0 Å². The van der Waals surface area contributed by atoms with E-state index in [1.165, 1.54) is 13.3 Å². The Bertz CT molecular complexity index is 418. The fourth-order valence-electron chi connectivity index (χ4n) is 1.31. The number of carbonyl (C=O) groups excluding carboxylic acids is 1. The molecule has 0 bridgehead atoms. The van der Waals surface area contributed by atoms with Crippen LogP contribution in [0.5, 0.6) is 0 Å². The van der Waals surface area contributed by atoms with Crippen LogP contribution in [0, 0.1) is 0 Å². The second-order valence-electron chi connectivity index (χ2n) is 4.26. The van der Waals surface area contributed by atoms with Crippen molar-refractivity contribution in [3.05, 3.63) is 12.2 Å². The van der Waals surface area contributed by atoms with Gasteiger partial charge in [0.1, 0.15) is 0 Å². The minimum atomic E-state index is -1.49. The first-order valence-electron chi connectivity index (χ1n) is 5.60. The van der Waals surface area contributed by atoms with Crippen LogP contribution in [0.2, 0.25) is 0 Å². The molecule has 1 heterocycles. The molecule has 9 heteroatoms. The Morgan fingerprint density at radius 3 is 2.79 bits per heavy atom. The maximum atomic E-state index is 11.4. The van der Waals surface area contributed by atoms with Crippen molar-refractivity contribution in [2.75, 3.05) is 13.1 Å². The van der Waals surface area contributed by atoms with E-state index in [4.69, 9.17) is 9.63 Å². The van der Waals surface area contributed by atoms with E-state index in [1.807, 2.05) is 0 Å². The average Bonchev–Trinajstić information content (AvgIpc) is 2.78. The normalized spacial score (nSPS) is 13.6.